The minimum atomic E-state index is -0.0973. The molecule has 1 nitrogen and oxygen atoms in total. The number of hydrogen-bond acceptors (Lipinski definition) is 1. The Kier molecular flexibility index (Phi) is 10.6. The van der Waals surface area contributed by atoms with Crippen molar-refractivity contribution < 1.29 is 22.2 Å². The second-order valence-electron chi connectivity index (χ2n) is 1.99. The molecule has 0 aliphatic rings. The zero-order chi connectivity index (χ0) is 5.70. The molecule has 0 aliphatic heterocycles. The standard InChI is InChI=1S/C6H14O.Cu/c1-3-4-5-6(2)7;/h6-7H,3-5H2,1-2H3;. The molecule has 0 saturated heterocycles. The quantitative estimate of drug-likeness (QED) is 0.630. The van der Waals surface area contributed by atoms with Crippen LogP contribution in [0.1, 0.15) is 33.1 Å². The summed E-state index contributed by atoms with van der Waals surface area (Å²) in [6, 6.07) is 0. The molecule has 0 saturated carbocycles. The molecule has 0 aromatic rings. The van der Waals surface area contributed by atoms with Crippen LogP contribution in [0.15, 0.2) is 0 Å². The molecule has 1 N–H and O–H groups in total. The van der Waals surface area contributed by atoms with Crippen LogP contribution in [-0.4, -0.2) is 11.2 Å². The minimum absolute atomic E-state index is 0. The summed E-state index contributed by atoms with van der Waals surface area (Å²) in [5.74, 6) is 0. The average molecular weight is 166 g/mol. The van der Waals surface area contributed by atoms with Gasteiger partial charge in [-0.15, -0.1) is 0 Å². The summed E-state index contributed by atoms with van der Waals surface area (Å²) in [5.41, 5.74) is 0. The second-order valence-corrected chi connectivity index (χ2v) is 1.99. The van der Waals surface area contributed by atoms with Crippen molar-refractivity contribution in [3.8, 4) is 0 Å². The van der Waals surface area contributed by atoms with E-state index in [0.717, 1.165) is 12.8 Å². The van der Waals surface area contributed by atoms with Crippen LogP contribution in [-0.2, 0) is 17.1 Å². The minimum Gasteiger partial charge on any atom is -0.393 e. The third-order valence-electron chi connectivity index (χ3n) is 0.975. The van der Waals surface area contributed by atoms with Gasteiger partial charge in [0.15, 0.2) is 0 Å². The fraction of sp³-hybridized carbons (Fsp3) is 1.00. The zero-order valence-electron chi connectivity index (χ0n) is 5.45. The first kappa shape index (κ1) is 11.3. The summed E-state index contributed by atoms with van der Waals surface area (Å²) < 4.78 is 0. The van der Waals surface area contributed by atoms with Crippen molar-refractivity contribution in [2.24, 2.45) is 0 Å². The van der Waals surface area contributed by atoms with Gasteiger partial charge in [0.25, 0.3) is 0 Å². The molecule has 0 aliphatic carbocycles. The van der Waals surface area contributed by atoms with E-state index in [1.54, 1.807) is 0 Å². The monoisotopic (exact) mass is 165 g/mol. The first-order valence-electron chi connectivity index (χ1n) is 2.95. The van der Waals surface area contributed by atoms with Crippen molar-refractivity contribution in [3.05, 3.63) is 0 Å². The normalized spacial score (nSPS) is 12.4. The predicted octanol–water partition coefficient (Wildman–Crippen LogP) is 1.55. The number of rotatable bonds is 3. The molecule has 0 spiro atoms. The van der Waals surface area contributed by atoms with Crippen molar-refractivity contribution in [1.29, 1.82) is 0 Å². The molecule has 1 radical (unpaired) electrons. The van der Waals surface area contributed by atoms with Crippen molar-refractivity contribution >= 4 is 0 Å². The Hall–Kier alpha value is 0.479. The van der Waals surface area contributed by atoms with Gasteiger partial charge in [0.1, 0.15) is 0 Å². The van der Waals surface area contributed by atoms with Crippen LogP contribution in [0.5, 0.6) is 0 Å². The zero-order valence-corrected chi connectivity index (χ0v) is 6.39. The summed E-state index contributed by atoms with van der Waals surface area (Å²) in [7, 11) is 0. The van der Waals surface area contributed by atoms with Crippen LogP contribution >= 0.6 is 0 Å². The van der Waals surface area contributed by atoms with E-state index in [4.69, 9.17) is 5.11 Å². The molecule has 0 fully saturated rings. The number of aliphatic hydroxyl groups excluding tert-OH is 1. The van der Waals surface area contributed by atoms with Gasteiger partial charge >= 0.3 is 0 Å². The molecule has 55 valence electrons. The van der Waals surface area contributed by atoms with Crippen LogP contribution in [0.25, 0.3) is 0 Å². The molecule has 1 unspecified atom stereocenters. The van der Waals surface area contributed by atoms with Crippen molar-refractivity contribution in [3.63, 3.8) is 0 Å². The third-order valence-corrected chi connectivity index (χ3v) is 0.975. The van der Waals surface area contributed by atoms with E-state index < -0.39 is 0 Å². The summed E-state index contributed by atoms with van der Waals surface area (Å²) in [6.07, 6.45) is 3.19. The van der Waals surface area contributed by atoms with Gasteiger partial charge in [0.05, 0.1) is 6.10 Å². The van der Waals surface area contributed by atoms with Gasteiger partial charge in [0, 0.05) is 17.1 Å². The third kappa shape index (κ3) is 9.70. The summed E-state index contributed by atoms with van der Waals surface area (Å²) in [5, 5.41) is 8.68. The smallest absolute Gasteiger partial charge is 0.0512 e. The Bertz CT molecular complexity index is 37.5. The maximum atomic E-state index is 8.68. The van der Waals surface area contributed by atoms with E-state index in [0.29, 0.717) is 0 Å². The van der Waals surface area contributed by atoms with Crippen LogP contribution < -0.4 is 0 Å². The molecule has 8 heavy (non-hydrogen) atoms. The fourth-order valence-corrected chi connectivity index (χ4v) is 0.500. The summed E-state index contributed by atoms with van der Waals surface area (Å²) in [4.78, 5) is 0. The SMILES string of the molecule is CCCCC(C)O.[Cu]. The van der Waals surface area contributed by atoms with E-state index in [1.807, 2.05) is 6.92 Å². The van der Waals surface area contributed by atoms with Crippen LogP contribution in [0.4, 0.5) is 0 Å². The summed E-state index contributed by atoms with van der Waals surface area (Å²) in [6.45, 7) is 3.96. The number of hydrogen-bond donors (Lipinski definition) is 1. The Morgan fingerprint density at radius 1 is 1.50 bits per heavy atom. The van der Waals surface area contributed by atoms with Gasteiger partial charge in [-0.1, -0.05) is 19.8 Å². The van der Waals surface area contributed by atoms with Crippen molar-refractivity contribution in [2.75, 3.05) is 0 Å². The van der Waals surface area contributed by atoms with Gasteiger partial charge in [-0.2, -0.15) is 0 Å². The first-order valence-corrected chi connectivity index (χ1v) is 2.95. The molecule has 0 amide bonds. The van der Waals surface area contributed by atoms with E-state index in [-0.39, 0.29) is 23.2 Å². The van der Waals surface area contributed by atoms with Crippen molar-refractivity contribution in [2.45, 2.75) is 39.2 Å². The topological polar surface area (TPSA) is 20.2 Å². The first-order chi connectivity index (χ1) is 3.27. The van der Waals surface area contributed by atoms with Gasteiger partial charge in [-0.3, -0.25) is 0 Å². The van der Waals surface area contributed by atoms with Crippen molar-refractivity contribution in [1.82, 2.24) is 0 Å². The van der Waals surface area contributed by atoms with E-state index >= 15 is 0 Å². The molecule has 0 heterocycles. The van der Waals surface area contributed by atoms with Gasteiger partial charge in [-0.25, -0.2) is 0 Å². The molecule has 0 bridgehead atoms. The van der Waals surface area contributed by atoms with E-state index in [1.165, 1.54) is 6.42 Å². The number of aliphatic hydroxyl groups is 1. The predicted molar refractivity (Wildman–Crippen MR) is 31.2 cm³/mol. The fourth-order valence-electron chi connectivity index (χ4n) is 0.500. The Labute approximate surface area is 62.0 Å². The Morgan fingerprint density at radius 3 is 2.12 bits per heavy atom. The molecular weight excluding hydrogens is 152 g/mol. The van der Waals surface area contributed by atoms with E-state index in [9.17, 15) is 0 Å². The van der Waals surface area contributed by atoms with E-state index in [2.05, 4.69) is 6.92 Å². The van der Waals surface area contributed by atoms with Crippen LogP contribution in [0.3, 0.4) is 0 Å². The second kappa shape index (κ2) is 7.48. The van der Waals surface area contributed by atoms with Gasteiger partial charge in [0.2, 0.25) is 0 Å². The van der Waals surface area contributed by atoms with Crippen LogP contribution in [0.2, 0.25) is 0 Å². The molecule has 1 atom stereocenters. The molecular formula is C6H14CuO. The average Bonchev–Trinajstić information content (AvgIpc) is 1.61. The Morgan fingerprint density at radius 2 is 2.00 bits per heavy atom. The number of unbranched alkanes of at least 4 members (excludes halogenated alkanes) is 1. The molecule has 0 aromatic carbocycles. The maximum Gasteiger partial charge on any atom is 0.0512 e. The maximum absolute atomic E-state index is 8.68. The largest absolute Gasteiger partial charge is 0.393 e. The Balaban J connectivity index is 0. The molecule has 0 rings (SSSR count). The van der Waals surface area contributed by atoms with Gasteiger partial charge < -0.3 is 5.11 Å². The molecule has 0 aromatic heterocycles. The van der Waals surface area contributed by atoms with Gasteiger partial charge in [-0.05, 0) is 13.3 Å². The van der Waals surface area contributed by atoms with Crippen LogP contribution in [0, 0.1) is 0 Å². The summed E-state index contributed by atoms with van der Waals surface area (Å²) >= 11 is 0. The molecule has 2 heteroatoms.